The summed E-state index contributed by atoms with van der Waals surface area (Å²) in [7, 11) is -2.80. The normalized spacial score (nSPS) is 25.4. The molecule has 1 aromatic heterocycles. The fraction of sp³-hybridized carbons (Fsp3) is 0.484. The largest absolute Gasteiger partial charge is 0.432 e. The lowest BCUT2D eigenvalue weighted by Crippen LogP contribution is -2.46. The summed E-state index contributed by atoms with van der Waals surface area (Å²) in [4.78, 5) is 42.2. The van der Waals surface area contributed by atoms with E-state index >= 15 is 0 Å². The quantitative estimate of drug-likeness (QED) is 0.329. The highest BCUT2D eigenvalue weighted by Gasteiger charge is 2.66. The molecule has 228 valence electrons. The van der Waals surface area contributed by atoms with Crippen molar-refractivity contribution in [2.45, 2.75) is 76.0 Å². The molecule has 2 saturated heterocycles. The highest BCUT2D eigenvalue weighted by molar-refractivity contribution is 9.10. The molecule has 4 heterocycles. The number of fused-ring (bicyclic) bond motifs is 2. The summed E-state index contributed by atoms with van der Waals surface area (Å²) in [6.45, 7) is 7.44. The van der Waals surface area contributed by atoms with E-state index in [1.54, 1.807) is 9.58 Å². The Labute approximate surface area is 260 Å². The van der Waals surface area contributed by atoms with Crippen LogP contribution >= 0.6 is 15.9 Å². The van der Waals surface area contributed by atoms with E-state index in [0.717, 1.165) is 33.4 Å². The predicted octanol–water partition coefficient (Wildman–Crippen LogP) is 4.14. The number of aliphatic hydroxyl groups is 1. The van der Waals surface area contributed by atoms with Gasteiger partial charge in [-0.1, -0.05) is 40.2 Å². The number of carbonyl (C=O) groups is 2. The molecule has 4 atom stereocenters. The van der Waals surface area contributed by atoms with Gasteiger partial charge in [0.1, 0.15) is 0 Å². The van der Waals surface area contributed by atoms with Crippen LogP contribution in [0.5, 0.6) is 0 Å². The minimum Gasteiger partial charge on any atom is -0.432 e. The van der Waals surface area contributed by atoms with Crippen LogP contribution < -0.4 is 9.80 Å². The van der Waals surface area contributed by atoms with Gasteiger partial charge in [-0.2, -0.15) is 0 Å². The first kappa shape index (κ1) is 30.1. The van der Waals surface area contributed by atoms with Gasteiger partial charge in [0.2, 0.25) is 5.91 Å². The number of aryl methyl sites for hydroxylation is 1. The molecule has 0 aliphatic carbocycles. The molecule has 2 aromatic carbocycles. The molecule has 3 aliphatic rings. The van der Waals surface area contributed by atoms with Gasteiger partial charge >= 0.3 is 0 Å². The second-order valence-electron chi connectivity index (χ2n) is 12.5. The Hall–Kier alpha value is -2.90. The van der Waals surface area contributed by atoms with Crippen LogP contribution in [0.2, 0.25) is 18.6 Å². The number of rotatable bonds is 9. The average molecular weight is 669 g/mol. The molecule has 6 rings (SSSR count). The molecule has 0 saturated carbocycles. The third-order valence-electron chi connectivity index (χ3n) is 9.18. The minimum absolute atomic E-state index is 0.00505. The first-order chi connectivity index (χ1) is 20.5. The number of aliphatic hydroxyl groups excluding tert-OH is 1. The summed E-state index contributed by atoms with van der Waals surface area (Å²) in [5.74, 6) is -0.281. The molecule has 3 aliphatic heterocycles. The zero-order valence-corrected chi connectivity index (χ0v) is 27.3. The smallest absolute Gasteiger partial charge is 0.264 e. The highest BCUT2D eigenvalue weighted by atomic mass is 79.9. The third-order valence-corrected chi connectivity index (χ3v) is 12.2. The van der Waals surface area contributed by atoms with Crippen molar-refractivity contribution in [3.8, 4) is 0 Å². The molecule has 2 N–H and O–H groups in total. The number of hydrogen-bond acceptors (Lipinski definition) is 7. The number of hydrogen-bond donors (Lipinski definition) is 2. The topological polar surface area (TPSA) is 121 Å². The maximum absolute atomic E-state index is 14.7. The van der Waals surface area contributed by atoms with E-state index in [0.29, 0.717) is 44.6 Å². The van der Waals surface area contributed by atoms with Crippen LogP contribution in [0, 0.1) is 5.92 Å². The number of anilines is 2. The number of halogens is 1. The summed E-state index contributed by atoms with van der Waals surface area (Å²) in [6, 6.07) is 13.7. The fourth-order valence-corrected chi connectivity index (χ4v) is 10.3. The van der Waals surface area contributed by atoms with E-state index < -0.39 is 13.9 Å². The Bertz CT molecular complexity index is 1540. The maximum atomic E-state index is 14.7. The van der Waals surface area contributed by atoms with Crippen LogP contribution in [0.3, 0.4) is 0 Å². The molecule has 0 unspecified atom stereocenters. The van der Waals surface area contributed by atoms with Crippen LogP contribution in [0.25, 0.3) is 0 Å². The van der Waals surface area contributed by atoms with Crippen molar-refractivity contribution in [1.82, 2.24) is 15.0 Å². The lowest BCUT2D eigenvalue weighted by Gasteiger charge is -2.32. The van der Waals surface area contributed by atoms with E-state index in [9.17, 15) is 19.5 Å². The Morgan fingerprint density at radius 2 is 2.00 bits per heavy atom. The number of aromatic nitrogens is 3. The van der Waals surface area contributed by atoms with Crippen LogP contribution in [-0.2, 0) is 39.4 Å². The standard InChI is InChI=1S/C31H38BrN5O5Si/c1-20-29(43(2,3)41)27(11-14-35-19-23(12-15-38)33-34-35)42-31(20)25-17-22(32)9-10-26(25)37(30(31)40)18-21-6-4-7-24(16-21)36-13-5-8-28(36)39/h4,6-7,9-10,16-17,19-20,27,29,38,41H,5,8,11-15,18H2,1-3H3/t20-,27+,29-,31+/m0/s1. The van der Waals surface area contributed by atoms with E-state index in [1.807, 2.05) is 73.6 Å². The number of carbonyl (C=O) groups excluding carboxylic acids is 2. The summed E-state index contributed by atoms with van der Waals surface area (Å²) in [5.41, 5.74) is 2.66. The van der Waals surface area contributed by atoms with Crippen molar-refractivity contribution < 1.29 is 24.2 Å². The Morgan fingerprint density at radius 1 is 1.19 bits per heavy atom. The zero-order valence-electron chi connectivity index (χ0n) is 24.7. The van der Waals surface area contributed by atoms with Crippen molar-refractivity contribution in [3.05, 3.63) is 70.0 Å². The first-order valence-electron chi connectivity index (χ1n) is 14.9. The molecule has 12 heteroatoms. The summed E-state index contributed by atoms with van der Waals surface area (Å²) >= 11 is 3.62. The number of ether oxygens (including phenoxy) is 1. The lowest BCUT2D eigenvalue weighted by molar-refractivity contribution is -0.146. The van der Waals surface area contributed by atoms with Gasteiger partial charge in [-0.25, -0.2) is 0 Å². The summed E-state index contributed by atoms with van der Waals surface area (Å²) in [6.07, 6.45) is 3.85. The second kappa shape index (κ2) is 11.5. The monoisotopic (exact) mass is 667 g/mol. The predicted molar refractivity (Wildman–Crippen MR) is 168 cm³/mol. The SMILES string of the molecule is C[C@H]1[C@H]([Si](C)(C)O)[C@@H](CCn2cc(CCO)nn2)O[C@]12C(=O)N(Cc1cccc(N3CCCC3=O)c1)c1ccc(Br)cc12. The van der Waals surface area contributed by atoms with Crippen molar-refractivity contribution >= 4 is 47.4 Å². The van der Waals surface area contributed by atoms with Gasteiger partial charge in [-0.05, 0) is 61.8 Å². The molecule has 0 bridgehead atoms. The molecular formula is C31H38BrN5O5Si. The van der Waals surface area contributed by atoms with E-state index in [2.05, 4.69) is 26.2 Å². The molecule has 3 aromatic rings. The van der Waals surface area contributed by atoms with E-state index in [1.165, 1.54) is 0 Å². The molecule has 0 radical (unpaired) electrons. The van der Waals surface area contributed by atoms with Crippen molar-refractivity contribution in [2.24, 2.45) is 5.92 Å². The molecular weight excluding hydrogens is 630 g/mol. The Kier molecular flexibility index (Phi) is 8.09. The van der Waals surface area contributed by atoms with Gasteiger partial charge in [-0.3, -0.25) is 14.3 Å². The van der Waals surface area contributed by atoms with Crippen molar-refractivity contribution in [2.75, 3.05) is 23.0 Å². The van der Waals surface area contributed by atoms with Crippen LogP contribution in [-0.4, -0.2) is 64.3 Å². The summed E-state index contributed by atoms with van der Waals surface area (Å²) in [5, 5.41) is 17.6. The first-order valence-corrected chi connectivity index (χ1v) is 18.8. The van der Waals surface area contributed by atoms with Crippen molar-refractivity contribution in [1.29, 1.82) is 0 Å². The molecule has 2 fully saturated rings. The lowest BCUT2D eigenvalue weighted by atomic mass is 9.82. The van der Waals surface area contributed by atoms with Crippen LogP contribution in [0.4, 0.5) is 11.4 Å². The third kappa shape index (κ3) is 5.37. The van der Waals surface area contributed by atoms with Crippen molar-refractivity contribution in [3.63, 3.8) is 0 Å². The van der Waals surface area contributed by atoms with Gasteiger partial charge in [0.15, 0.2) is 13.9 Å². The zero-order chi connectivity index (χ0) is 30.5. The fourth-order valence-electron chi connectivity index (χ4n) is 7.34. The number of benzene rings is 2. The summed E-state index contributed by atoms with van der Waals surface area (Å²) < 4.78 is 9.51. The number of nitrogens with zero attached hydrogens (tertiary/aromatic N) is 5. The van der Waals surface area contributed by atoms with Gasteiger partial charge in [0.05, 0.1) is 24.0 Å². The Morgan fingerprint density at radius 3 is 2.72 bits per heavy atom. The highest BCUT2D eigenvalue weighted by Crippen LogP contribution is 2.60. The molecule has 1 spiro atoms. The van der Waals surface area contributed by atoms with Gasteiger partial charge in [0.25, 0.3) is 5.91 Å². The van der Waals surface area contributed by atoms with E-state index in [-0.39, 0.29) is 36.0 Å². The molecule has 10 nitrogen and oxygen atoms in total. The Balaban J connectivity index is 1.33. The molecule has 2 amide bonds. The average Bonchev–Trinajstić information content (AvgIpc) is 3.71. The maximum Gasteiger partial charge on any atom is 0.264 e. The van der Waals surface area contributed by atoms with Crippen LogP contribution in [0.15, 0.2) is 53.1 Å². The van der Waals surface area contributed by atoms with E-state index in [4.69, 9.17) is 4.74 Å². The minimum atomic E-state index is -2.80. The number of amides is 2. The second-order valence-corrected chi connectivity index (χ2v) is 17.4. The van der Waals surface area contributed by atoms with Gasteiger partial charge in [0, 0.05) is 65.9 Å². The molecule has 43 heavy (non-hydrogen) atoms. The van der Waals surface area contributed by atoms with Gasteiger partial charge in [-0.15, -0.1) is 5.10 Å². The van der Waals surface area contributed by atoms with Crippen LogP contribution in [0.1, 0.15) is 43.0 Å². The van der Waals surface area contributed by atoms with Gasteiger partial charge < -0.3 is 24.4 Å².